The van der Waals surface area contributed by atoms with Gasteiger partial charge in [0.15, 0.2) is 0 Å². The van der Waals surface area contributed by atoms with Gasteiger partial charge in [0, 0.05) is 76.6 Å². The molecule has 0 spiro atoms. The third kappa shape index (κ3) is 8.49. The lowest BCUT2D eigenvalue weighted by Gasteiger charge is -2.37. The molecule has 2 aliphatic rings. The fraction of sp³-hybridized carbons (Fsp3) is 0.464. The average Bonchev–Trinajstić information content (AvgIpc) is 2.99. The van der Waals surface area contributed by atoms with Crippen molar-refractivity contribution < 1.29 is 17.6 Å². The molecule has 0 bridgehead atoms. The molecule has 7 nitrogen and oxygen atoms in total. The summed E-state index contributed by atoms with van der Waals surface area (Å²) < 4.78 is 54.1. The minimum Gasteiger partial charge on any atom is -0.353 e. The van der Waals surface area contributed by atoms with Gasteiger partial charge in [-0.1, -0.05) is 6.92 Å². The van der Waals surface area contributed by atoms with Gasteiger partial charge in [-0.25, -0.2) is 14.4 Å². The summed E-state index contributed by atoms with van der Waals surface area (Å²) >= 11 is 4.64. The first-order valence-corrected chi connectivity index (χ1v) is 13.9. The maximum atomic E-state index is 13.6. The van der Waals surface area contributed by atoms with Crippen LogP contribution in [0.15, 0.2) is 64.5 Å². The minimum absolute atomic E-state index is 0.0616. The van der Waals surface area contributed by atoms with Gasteiger partial charge in [0.2, 0.25) is 0 Å². The second-order valence-corrected chi connectivity index (χ2v) is 9.25. The number of nitrogens with zero attached hydrogens (tertiary/aromatic N) is 7. The number of aromatic nitrogens is 1. The zero-order valence-corrected chi connectivity index (χ0v) is 23.7. The monoisotopic (exact) mass is 581 g/mol. The van der Waals surface area contributed by atoms with Crippen LogP contribution in [-0.2, 0) is 6.18 Å². The van der Waals surface area contributed by atoms with Crippen molar-refractivity contribution in [1.82, 2.24) is 19.7 Å². The number of halogens is 5. The van der Waals surface area contributed by atoms with Crippen LogP contribution in [0.1, 0.15) is 18.1 Å². The summed E-state index contributed by atoms with van der Waals surface area (Å²) in [6.07, 6.45) is 0.194. The van der Waals surface area contributed by atoms with E-state index >= 15 is 0 Å². The highest BCUT2D eigenvalue weighted by molar-refractivity contribution is 6.15. The molecule has 0 amide bonds. The molecule has 0 saturated carbocycles. The fourth-order valence-corrected chi connectivity index (χ4v) is 4.64. The number of pyridine rings is 1. The molecule has 0 aliphatic carbocycles. The maximum absolute atomic E-state index is 13.6. The Kier molecular flexibility index (Phi) is 11.9. The van der Waals surface area contributed by atoms with E-state index in [0.717, 1.165) is 44.4 Å². The summed E-state index contributed by atoms with van der Waals surface area (Å²) in [5.41, 5.74) is 0.662. The molecule has 1 aromatic heterocycles. The Morgan fingerprint density at radius 2 is 1.60 bits per heavy atom. The van der Waals surface area contributed by atoms with Gasteiger partial charge < -0.3 is 14.7 Å². The Balaban J connectivity index is 0.00000216. The number of allylic oxidation sites excluding steroid dienone is 1. The first-order valence-electron chi connectivity index (χ1n) is 13.1. The van der Waals surface area contributed by atoms with Gasteiger partial charge in [0.1, 0.15) is 17.5 Å². The topological polar surface area (TPSA) is 50.6 Å². The number of benzene rings is 1. The molecule has 0 N–H and O–H groups in total. The molecule has 2 aromatic rings. The second kappa shape index (κ2) is 15.1. The van der Waals surface area contributed by atoms with E-state index in [-0.39, 0.29) is 11.6 Å². The standard InChI is InChI=1S/C27H33F4N7.CH3Cl/c1-3-35-11-13-36(14-12-35)20-34-24(21-6-8-22(28)9-7-21)19-25(32-2)37-15-17-38(18-16-37)26-23(27(29,30)31)5-4-10-33-26;1-2/h4-10,19H,2-3,11-18,20H2,1H3;1H3/b25-19+,34-24+;. The number of piperazine rings is 2. The van der Waals surface area contributed by atoms with Crippen molar-refractivity contribution in [3.8, 4) is 0 Å². The third-order valence-corrected chi connectivity index (χ3v) is 6.92. The van der Waals surface area contributed by atoms with Gasteiger partial charge in [0.25, 0.3) is 0 Å². The molecule has 40 heavy (non-hydrogen) atoms. The van der Waals surface area contributed by atoms with Crippen LogP contribution in [0, 0.1) is 5.82 Å². The molecule has 4 rings (SSSR count). The highest BCUT2D eigenvalue weighted by Gasteiger charge is 2.36. The van der Waals surface area contributed by atoms with Crippen molar-refractivity contribution >= 4 is 29.8 Å². The summed E-state index contributed by atoms with van der Waals surface area (Å²) in [6, 6.07) is 8.49. The Morgan fingerprint density at radius 3 is 2.17 bits per heavy atom. The first kappa shape index (κ1) is 31.5. The van der Waals surface area contributed by atoms with Gasteiger partial charge in [0.05, 0.1) is 17.9 Å². The predicted octanol–water partition coefficient (Wildman–Crippen LogP) is 4.84. The quantitative estimate of drug-likeness (QED) is 0.254. The fourth-order valence-electron chi connectivity index (χ4n) is 4.64. The van der Waals surface area contributed by atoms with Gasteiger partial charge in [-0.15, -0.1) is 11.6 Å². The molecule has 0 unspecified atom stereocenters. The van der Waals surface area contributed by atoms with Crippen molar-refractivity contribution in [2.24, 2.45) is 9.98 Å². The highest BCUT2D eigenvalue weighted by Crippen LogP contribution is 2.35. The van der Waals surface area contributed by atoms with E-state index < -0.39 is 11.7 Å². The maximum Gasteiger partial charge on any atom is 0.419 e. The molecule has 218 valence electrons. The van der Waals surface area contributed by atoms with E-state index in [0.29, 0.717) is 44.4 Å². The first-order chi connectivity index (χ1) is 19.3. The van der Waals surface area contributed by atoms with Gasteiger partial charge in [-0.05, 0) is 49.7 Å². The number of anilines is 1. The van der Waals surface area contributed by atoms with Crippen LogP contribution >= 0.6 is 11.6 Å². The number of alkyl halides is 4. The van der Waals surface area contributed by atoms with Crippen molar-refractivity contribution in [3.05, 3.63) is 71.4 Å². The van der Waals surface area contributed by atoms with E-state index in [1.807, 2.05) is 11.0 Å². The largest absolute Gasteiger partial charge is 0.419 e. The lowest BCUT2D eigenvalue weighted by molar-refractivity contribution is -0.137. The summed E-state index contributed by atoms with van der Waals surface area (Å²) in [4.78, 5) is 21.4. The summed E-state index contributed by atoms with van der Waals surface area (Å²) in [6.45, 7) is 12.8. The Hall–Kier alpha value is -3.02. The Labute approximate surface area is 238 Å². The van der Waals surface area contributed by atoms with Crippen LogP contribution in [0.5, 0.6) is 0 Å². The van der Waals surface area contributed by atoms with Gasteiger partial charge in [-0.3, -0.25) is 9.89 Å². The SMILES string of the molecule is C=N/C(=C\C(=N/CN1CCN(CC)CC1)c1ccc(F)cc1)N1CCN(c2ncccc2C(F)(F)F)CC1.CCl. The number of rotatable bonds is 8. The molecule has 12 heteroatoms. The molecule has 3 heterocycles. The minimum atomic E-state index is -4.47. The van der Waals surface area contributed by atoms with E-state index in [9.17, 15) is 17.6 Å². The second-order valence-electron chi connectivity index (χ2n) is 9.25. The molecular weight excluding hydrogens is 546 g/mol. The van der Waals surface area contributed by atoms with Crippen LogP contribution in [0.25, 0.3) is 0 Å². The van der Waals surface area contributed by atoms with Crippen molar-refractivity contribution in [1.29, 1.82) is 0 Å². The van der Waals surface area contributed by atoms with Crippen molar-refractivity contribution in [3.63, 3.8) is 0 Å². The number of hydrogen-bond acceptors (Lipinski definition) is 7. The van der Waals surface area contributed by atoms with Crippen LogP contribution < -0.4 is 4.90 Å². The van der Waals surface area contributed by atoms with Gasteiger partial charge in [-0.2, -0.15) is 13.2 Å². The molecule has 1 aromatic carbocycles. The van der Waals surface area contributed by atoms with Crippen LogP contribution in [0.3, 0.4) is 0 Å². The Morgan fingerprint density at radius 1 is 0.975 bits per heavy atom. The molecule has 0 atom stereocenters. The number of likely N-dealkylation sites (N-methyl/N-ethyl adjacent to an activating group) is 1. The van der Waals surface area contributed by atoms with Gasteiger partial charge >= 0.3 is 6.18 Å². The molecule has 2 aliphatic heterocycles. The summed E-state index contributed by atoms with van der Waals surface area (Å²) in [5, 5.41) is 0. The lowest BCUT2D eigenvalue weighted by Crippen LogP contribution is -2.46. The van der Waals surface area contributed by atoms with E-state index in [1.54, 1.807) is 17.0 Å². The zero-order chi connectivity index (χ0) is 29.1. The molecule has 2 fully saturated rings. The van der Waals surface area contributed by atoms with E-state index in [4.69, 9.17) is 4.99 Å². The van der Waals surface area contributed by atoms with Crippen molar-refractivity contribution in [2.45, 2.75) is 13.1 Å². The highest BCUT2D eigenvalue weighted by atomic mass is 35.5. The summed E-state index contributed by atoms with van der Waals surface area (Å²) in [5.74, 6) is 0.174. The van der Waals surface area contributed by atoms with E-state index in [2.05, 4.69) is 45.0 Å². The summed E-state index contributed by atoms with van der Waals surface area (Å²) in [7, 11) is 0. The molecular formula is C28H36ClF4N7. The lowest BCUT2D eigenvalue weighted by atomic mass is 10.1. The third-order valence-electron chi connectivity index (χ3n) is 6.92. The molecule has 2 saturated heterocycles. The Bertz CT molecular complexity index is 1140. The van der Waals surface area contributed by atoms with Crippen LogP contribution in [0.4, 0.5) is 23.4 Å². The zero-order valence-electron chi connectivity index (χ0n) is 22.9. The van der Waals surface area contributed by atoms with Crippen LogP contribution in [-0.4, -0.2) is 104 Å². The van der Waals surface area contributed by atoms with Crippen molar-refractivity contribution in [2.75, 3.05) is 76.9 Å². The predicted molar refractivity (Wildman–Crippen MR) is 154 cm³/mol. The smallest absolute Gasteiger partial charge is 0.353 e. The van der Waals surface area contributed by atoms with E-state index in [1.165, 1.54) is 30.8 Å². The average molecular weight is 582 g/mol. The van der Waals surface area contributed by atoms with Crippen LogP contribution in [0.2, 0.25) is 0 Å². The number of aliphatic imine (C=N–C) groups is 2. The molecule has 0 radical (unpaired) electrons. The normalized spacial score (nSPS) is 17.9. The number of hydrogen-bond donors (Lipinski definition) is 0.